The van der Waals surface area contributed by atoms with E-state index in [9.17, 15) is 19.8 Å². The predicted octanol–water partition coefficient (Wildman–Crippen LogP) is 5.71. The fourth-order valence-corrected chi connectivity index (χ4v) is 3.21. The summed E-state index contributed by atoms with van der Waals surface area (Å²) in [6.07, 6.45) is 0. The highest BCUT2D eigenvalue weighted by molar-refractivity contribution is 5.98. The molecule has 3 aromatic carbocycles. The summed E-state index contributed by atoms with van der Waals surface area (Å²) in [5.74, 6) is -1.99. The Kier molecular flexibility index (Phi) is 5.06. The number of carboxylic acid groups (broad SMARTS) is 2. The van der Waals surface area contributed by atoms with Gasteiger partial charge in [0.15, 0.2) is 0 Å². The van der Waals surface area contributed by atoms with Gasteiger partial charge in [-0.3, -0.25) is 0 Å². The van der Waals surface area contributed by atoms with Crippen molar-refractivity contribution in [2.24, 2.45) is 0 Å². The molecule has 28 heavy (non-hydrogen) atoms. The van der Waals surface area contributed by atoms with Crippen LogP contribution in [-0.4, -0.2) is 22.2 Å². The van der Waals surface area contributed by atoms with Gasteiger partial charge in [-0.05, 0) is 51.4 Å². The van der Waals surface area contributed by atoms with Crippen LogP contribution in [0.2, 0.25) is 0 Å². The fraction of sp³-hybridized carbons (Fsp3) is 0.167. The molecule has 3 aromatic rings. The quantitative estimate of drug-likeness (QED) is 0.613. The molecule has 3 rings (SSSR count). The molecule has 0 spiro atoms. The average Bonchev–Trinajstić information content (AvgIpc) is 2.67. The molecule has 4 heteroatoms. The van der Waals surface area contributed by atoms with Crippen LogP contribution in [0, 0.1) is 0 Å². The van der Waals surface area contributed by atoms with Gasteiger partial charge in [0.2, 0.25) is 0 Å². The Morgan fingerprint density at radius 3 is 1.43 bits per heavy atom. The van der Waals surface area contributed by atoms with Crippen LogP contribution in [0.25, 0.3) is 22.3 Å². The lowest BCUT2D eigenvalue weighted by Crippen LogP contribution is -2.12. The van der Waals surface area contributed by atoms with Gasteiger partial charge in [-0.25, -0.2) is 9.59 Å². The Bertz CT molecular complexity index is 982. The molecule has 0 aliphatic carbocycles. The maximum absolute atomic E-state index is 11.7. The first kappa shape index (κ1) is 19.4. The molecule has 0 saturated carbocycles. The van der Waals surface area contributed by atoms with Crippen molar-refractivity contribution in [1.82, 2.24) is 0 Å². The van der Waals surface area contributed by atoms with Crippen molar-refractivity contribution in [1.29, 1.82) is 0 Å². The van der Waals surface area contributed by atoms with Crippen LogP contribution >= 0.6 is 0 Å². The largest absolute Gasteiger partial charge is 0.478 e. The summed E-state index contributed by atoms with van der Waals surface area (Å²) in [6, 6.07) is 19.5. The minimum absolute atomic E-state index is 0.193. The summed E-state index contributed by atoms with van der Waals surface area (Å²) < 4.78 is 0. The molecular weight excluding hydrogens is 352 g/mol. The summed E-state index contributed by atoms with van der Waals surface area (Å²) in [7, 11) is 0. The first-order valence-electron chi connectivity index (χ1n) is 8.99. The molecule has 0 aliphatic rings. The second-order valence-electron chi connectivity index (χ2n) is 7.75. The van der Waals surface area contributed by atoms with Gasteiger partial charge < -0.3 is 10.2 Å². The van der Waals surface area contributed by atoms with E-state index in [-0.39, 0.29) is 16.5 Å². The molecule has 0 heterocycles. The lowest BCUT2D eigenvalue weighted by Gasteiger charge is -2.22. The van der Waals surface area contributed by atoms with E-state index in [0.29, 0.717) is 11.1 Å². The molecule has 0 radical (unpaired) electrons. The van der Waals surface area contributed by atoms with Gasteiger partial charge in [0.25, 0.3) is 0 Å². The average molecular weight is 374 g/mol. The normalized spacial score (nSPS) is 11.2. The first-order valence-corrected chi connectivity index (χ1v) is 8.99. The van der Waals surface area contributed by atoms with Gasteiger partial charge in [-0.2, -0.15) is 0 Å². The van der Waals surface area contributed by atoms with E-state index < -0.39 is 11.9 Å². The van der Waals surface area contributed by atoms with Crippen LogP contribution in [0.5, 0.6) is 0 Å². The second kappa shape index (κ2) is 7.31. The van der Waals surface area contributed by atoms with Crippen molar-refractivity contribution in [2.45, 2.75) is 26.2 Å². The number of hydrogen-bond acceptors (Lipinski definition) is 2. The zero-order valence-electron chi connectivity index (χ0n) is 16.1. The number of benzene rings is 3. The Morgan fingerprint density at radius 1 is 0.679 bits per heavy atom. The second-order valence-corrected chi connectivity index (χ2v) is 7.75. The third kappa shape index (κ3) is 3.81. The Balaban J connectivity index is 2.32. The summed E-state index contributed by atoms with van der Waals surface area (Å²) in [4.78, 5) is 23.4. The number of rotatable bonds is 4. The highest BCUT2D eigenvalue weighted by Gasteiger charge is 2.20. The van der Waals surface area contributed by atoms with E-state index in [1.807, 2.05) is 18.2 Å². The molecule has 142 valence electrons. The third-order valence-electron chi connectivity index (χ3n) is 4.74. The Hall–Kier alpha value is -3.40. The monoisotopic (exact) mass is 374 g/mol. The molecule has 0 amide bonds. The molecule has 0 fully saturated rings. The van der Waals surface area contributed by atoms with Crippen molar-refractivity contribution in [3.63, 3.8) is 0 Å². The number of aromatic carboxylic acids is 2. The van der Waals surface area contributed by atoms with Gasteiger partial charge >= 0.3 is 11.9 Å². The van der Waals surface area contributed by atoms with Gasteiger partial charge in [0.05, 0.1) is 11.1 Å². The van der Waals surface area contributed by atoms with Crippen molar-refractivity contribution in [3.8, 4) is 22.3 Å². The molecule has 0 aromatic heterocycles. The Morgan fingerprint density at radius 2 is 1.07 bits per heavy atom. The smallest absolute Gasteiger partial charge is 0.336 e. The minimum atomic E-state index is -0.996. The van der Waals surface area contributed by atoms with E-state index >= 15 is 0 Å². The van der Waals surface area contributed by atoms with Gasteiger partial charge in [0.1, 0.15) is 0 Å². The molecule has 0 aliphatic heterocycles. The molecule has 0 unspecified atom stereocenters. The third-order valence-corrected chi connectivity index (χ3v) is 4.74. The summed E-state index contributed by atoms with van der Waals surface area (Å²) in [5.41, 5.74) is 3.95. The van der Waals surface area contributed by atoms with E-state index in [2.05, 4.69) is 20.8 Å². The SMILES string of the molecule is CC(C)(C)c1cc(-c2ccccc2C(=O)O)cc(-c2ccccc2C(=O)O)c1. The highest BCUT2D eigenvalue weighted by Crippen LogP contribution is 2.35. The van der Waals surface area contributed by atoms with Crippen molar-refractivity contribution in [2.75, 3.05) is 0 Å². The predicted molar refractivity (Wildman–Crippen MR) is 110 cm³/mol. The molecular formula is C24H22O4. The molecule has 2 N–H and O–H groups in total. The number of carboxylic acids is 2. The van der Waals surface area contributed by atoms with Crippen molar-refractivity contribution in [3.05, 3.63) is 83.4 Å². The minimum Gasteiger partial charge on any atom is -0.478 e. The van der Waals surface area contributed by atoms with Gasteiger partial charge in [0, 0.05) is 0 Å². The lowest BCUT2D eigenvalue weighted by molar-refractivity contribution is 0.0687. The van der Waals surface area contributed by atoms with E-state index in [1.54, 1.807) is 48.5 Å². The topological polar surface area (TPSA) is 74.6 Å². The summed E-state index contributed by atoms with van der Waals surface area (Å²) in [5, 5.41) is 19.2. The summed E-state index contributed by atoms with van der Waals surface area (Å²) >= 11 is 0. The standard InChI is InChI=1S/C24H22O4/c1-24(2,3)17-13-15(18-8-4-6-10-20(18)22(25)26)12-16(14-17)19-9-5-7-11-21(19)23(27)28/h4-14H,1-3H3,(H,25,26)(H,27,28). The maximum atomic E-state index is 11.7. The van der Waals surface area contributed by atoms with Crippen molar-refractivity contribution >= 4 is 11.9 Å². The zero-order valence-corrected chi connectivity index (χ0v) is 16.1. The number of carbonyl (C=O) groups is 2. The van der Waals surface area contributed by atoms with Crippen LogP contribution in [0.15, 0.2) is 66.7 Å². The first-order chi connectivity index (χ1) is 13.2. The van der Waals surface area contributed by atoms with E-state index in [0.717, 1.165) is 16.7 Å². The molecule has 0 bridgehead atoms. The van der Waals surface area contributed by atoms with Crippen LogP contribution in [0.3, 0.4) is 0 Å². The van der Waals surface area contributed by atoms with Gasteiger partial charge in [-0.1, -0.05) is 69.3 Å². The van der Waals surface area contributed by atoms with E-state index in [1.165, 1.54) is 0 Å². The zero-order chi connectivity index (χ0) is 20.5. The lowest BCUT2D eigenvalue weighted by atomic mass is 9.82. The van der Waals surface area contributed by atoms with Crippen LogP contribution in [-0.2, 0) is 5.41 Å². The molecule has 0 saturated heterocycles. The van der Waals surface area contributed by atoms with Crippen LogP contribution in [0.1, 0.15) is 47.1 Å². The highest BCUT2D eigenvalue weighted by atomic mass is 16.4. The van der Waals surface area contributed by atoms with Gasteiger partial charge in [-0.15, -0.1) is 0 Å². The number of hydrogen-bond donors (Lipinski definition) is 2. The molecule has 4 nitrogen and oxygen atoms in total. The Labute approximate surface area is 164 Å². The molecule has 0 atom stereocenters. The maximum Gasteiger partial charge on any atom is 0.336 e. The summed E-state index contributed by atoms with van der Waals surface area (Å²) in [6.45, 7) is 6.21. The fourth-order valence-electron chi connectivity index (χ4n) is 3.21. The van der Waals surface area contributed by atoms with Crippen LogP contribution < -0.4 is 0 Å². The van der Waals surface area contributed by atoms with Crippen molar-refractivity contribution < 1.29 is 19.8 Å². The van der Waals surface area contributed by atoms with E-state index in [4.69, 9.17) is 0 Å². The van der Waals surface area contributed by atoms with Crippen LogP contribution in [0.4, 0.5) is 0 Å².